The van der Waals surface area contributed by atoms with Gasteiger partial charge in [-0.15, -0.1) is 0 Å². The number of nitrogens with zero attached hydrogens (tertiary/aromatic N) is 1. The average molecular weight is 295 g/mol. The van der Waals surface area contributed by atoms with Crippen LogP contribution in [-0.2, 0) is 9.59 Å². The van der Waals surface area contributed by atoms with Crippen molar-refractivity contribution in [3.63, 3.8) is 0 Å². The van der Waals surface area contributed by atoms with E-state index in [1.807, 2.05) is 0 Å². The third kappa shape index (κ3) is 1.38. The van der Waals surface area contributed by atoms with Gasteiger partial charge in [-0.3, -0.25) is 14.5 Å². The van der Waals surface area contributed by atoms with Crippen molar-refractivity contribution in [1.29, 1.82) is 0 Å². The quantitative estimate of drug-likeness (QED) is 0.621. The molecule has 1 saturated heterocycles. The van der Waals surface area contributed by atoms with E-state index in [2.05, 4.69) is 12.2 Å². The van der Waals surface area contributed by atoms with Crippen LogP contribution < -0.4 is 9.64 Å². The van der Waals surface area contributed by atoms with Crippen LogP contribution in [0, 0.1) is 35.5 Å². The number of amides is 2. The van der Waals surface area contributed by atoms with Crippen LogP contribution in [0.2, 0.25) is 0 Å². The van der Waals surface area contributed by atoms with Gasteiger partial charge < -0.3 is 4.74 Å². The van der Waals surface area contributed by atoms with Gasteiger partial charge in [0.15, 0.2) is 0 Å². The van der Waals surface area contributed by atoms with Crippen molar-refractivity contribution in [2.24, 2.45) is 35.5 Å². The molecule has 0 unspecified atom stereocenters. The van der Waals surface area contributed by atoms with Gasteiger partial charge in [0.25, 0.3) is 0 Å². The summed E-state index contributed by atoms with van der Waals surface area (Å²) in [5.41, 5.74) is 0.665. The van der Waals surface area contributed by atoms with E-state index in [-0.39, 0.29) is 35.5 Å². The van der Waals surface area contributed by atoms with Crippen molar-refractivity contribution in [3.8, 4) is 5.75 Å². The number of methoxy groups -OCH3 is 1. The van der Waals surface area contributed by atoms with Gasteiger partial charge in [0.05, 0.1) is 24.6 Å². The SMILES string of the molecule is COc1ccc(N2C(=O)[C@H]3[C@@H]4C=C[C@H]([C@H]5C[C@H]45)[C@@H]3C2=O)cc1. The molecular weight excluding hydrogens is 278 g/mol. The highest BCUT2D eigenvalue weighted by Gasteiger charge is 2.67. The summed E-state index contributed by atoms with van der Waals surface area (Å²) in [5, 5.41) is 0. The van der Waals surface area contributed by atoms with E-state index in [1.165, 1.54) is 11.3 Å². The molecule has 2 saturated carbocycles. The first-order valence-corrected chi connectivity index (χ1v) is 7.91. The maximum Gasteiger partial charge on any atom is 0.238 e. The molecule has 0 radical (unpaired) electrons. The summed E-state index contributed by atoms with van der Waals surface area (Å²) in [6.45, 7) is 0. The first-order chi connectivity index (χ1) is 10.7. The largest absolute Gasteiger partial charge is 0.497 e. The Bertz CT molecular complexity index is 672. The van der Waals surface area contributed by atoms with Gasteiger partial charge in [0, 0.05) is 0 Å². The van der Waals surface area contributed by atoms with E-state index in [0.717, 1.165) is 5.75 Å². The normalized spacial score (nSPS) is 40.7. The Morgan fingerprint density at radius 1 is 0.955 bits per heavy atom. The number of carbonyl (C=O) groups excluding carboxylic acids is 2. The lowest BCUT2D eigenvalue weighted by atomic mass is 9.63. The maximum absolute atomic E-state index is 12.9. The summed E-state index contributed by atoms with van der Waals surface area (Å²) in [6.07, 6.45) is 5.59. The summed E-state index contributed by atoms with van der Waals surface area (Å²) >= 11 is 0. The van der Waals surface area contributed by atoms with Crippen LogP contribution in [0.15, 0.2) is 36.4 Å². The average Bonchev–Trinajstić information content (AvgIpc) is 3.32. The predicted octanol–water partition coefficient (Wildman–Crippen LogP) is 2.25. The van der Waals surface area contributed by atoms with E-state index in [9.17, 15) is 9.59 Å². The van der Waals surface area contributed by atoms with Crippen LogP contribution in [0.1, 0.15) is 6.42 Å². The maximum atomic E-state index is 12.9. The van der Waals surface area contributed by atoms with Gasteiger partial charge in [-0.25, -0.2) is 0 Å². The van der Waals surface area contributed by atoms with Crippen molar-refractivity contribution in [2.45, 2.75) is 6.42 Å². The van der Waals surface area contributed by atoms with Crippen molar-refractivity contribution < 1.29 is 14.3 Å². The Kier molecular flexibility index (Phi) is 2.26. The highest BCUT2D eigenvalue weighted by molar-refractivity contribution is 6.22. The van der Waals surface area contributed by atoms with Crippen LogP contribution in [0.3, 0.4) is 0 Å². The summed E-state index contributed by atoms with van der Waals surface area (Å²) in [5.74, 6) is 2.28. The van der Waals surface area contributed by atoms with Gasteiger partial charge in [-0.1, -0.05) is 12.2 Å². The number of imide groups is 1. The van der Waals surface area contributed by atoms with Gasteiger partial charge in [0.1, 0.15) is 5.75 Å². The Morgan fingerprint density at radius 2 is 1.50 bits per heavy atom. The molecule has 4 nitrogen and oxygen atoms in total. The Hall–Kier alpha value is -2.10. The van der Waals surface area contributed by atoms with Crippen LogP contribution in [0.4, 0.5) is 5.69 Å². The highest BCUT2D eigenvalue weighted by atomic mass is 16.5. The number of benzene rings is 1. The highest BCUT2D eigenvalue weighted by Crippen LogP contribution is 2.65. The first-order valence-electron chi connectivity index (χ1n) is 7.91. The molecule has 22 heavy (non-hydrogen) atoms. The summed E-state index contributed by atoms with van der Waals surface area (Å²) in [7, 11) is 1.60. The molecule has 6 rings (SSSR count). The number of rotatable bonds is 2. The Balaban J connectivity index is 1.54. The standard InChI is InChI=1S/C18H17NO3/c1-22-10-4-2-9(3-5-10)19-17(20)15-11-6-7-12(14-8-13(11)14)16(15)18(19)21/h2-7,11-16H,8H2,1H3/t11-,12-,13-,14-,15+,16+/m1/s1. The van der Waals surface area contributed by atoms with E-state index in [4.69, 9.17) is 4.74 Å². The molecule has 1 aliphatic heterocycles. The topological polar surface area (TPSA) is 46.6 Å². The number of hydrogen-bond acceptors (Lipinski definition) is 3. The summed E-state index contributed by atoms with van der Waals surface area (Å²) < 4.78 is 5.15. The lowest BCUT2D eigenvalue weighted by Crippen LogP contribution is -2.40. The van der Waals surface area contributed by atoms with E-state index < -0.39 is 0 Å². The van der Waals surface area contributed by atoms with Gasteiger partial charge >= 0.3 is 0 Å². The molecule has 6 atom stereocenters. The zero-order valence-corrected chi connectivity index (χ0v) is 12.3. The van der Waals surface area contributed by atoms with Crippen LogP contribution in [-0.4, -0.2) is 18.9 Å². The van der Waals surface area contributed by atoms with Crippen molar-refractivity contribution in [1.82, 2.24) is 0 Å². The molecule has 112 valence electrons. The minimum absolute atomic E-state index is 0.00938. The predicted molar refractivity (Wildman–Crippen MR) is 80.2 cm³/mol. The minimum Gasteiger partial charge on any atom is -0.497 e. The van der Waals surface area contributed by atoms with Crippen LogP contribution in [0.25, 0.3) is 0 Å². The summed E-state index contributed by atoms with van der Waals surface area (Å²) in [4.78, 5) is 27.2. The fourth-order valence-electron chi connectivity index (χ4n) is 4.94. The number of allylic oxidation sites excluding steroid dienone is 2. The molecule has 3 fully saturated rings. The molecule has 2 bridgehead atoms. The third-order valence-electron chi connectivity index (χ3n) is 5.99. The van der Waals surface area contributed by atoms with Crippen molar-refractivity contribution in [2.75, 3.05) is 12.0 Å². The molecule has 4 aliphatic carbocycles. The second kappa shape index (κ2) is 4.00. The van der Waals surface area contributed by atoms with Crippen LogP contribution in [0.5, 0.6) is 5.75 Å². The second-order valence-corrected chi connectivity index (χ2v) is 6.86. The van der Waals surface area contributed by atoms with Crippen LogP contribution >= 0.6 is 0 Å². The second-order valence-electron chi connectivity index (χ2n) is 6.86. The van der Waals surface area contributed by atoms with Gasteiger partial charge in [-0.05, 0) is 54.4 Å². The number of carbonyl (C=O) groups is 2. The van der Waals surface area contributed by atoms with E-state index in [0.29, 0.717) is 17.5 Å². The van der Waals surface area contributed by atoms with E-state index >= 15 is 0 Å². The molecule has 0 N–H and O–H groups in total. The molecule has 5 aliphatic rings. The molecule has 1 aromatic rings. The zero-order chi connectivity index (χ0) is 15.0. The Labute approximate surface area is 128 Å². The van der Waals surface area contributed by atoms with Gasteiger partial charge in [-0.2, -0.15) is 0 Å². The van der Waals surface area contributed by atoms with E-state index in [1.54, 1.807) is 31.4 Å². The monoisotopic (exact) mass is 295 g/mol. The molecule has 0 spiro atoms. The number of anilines is 1. The Morgan fingerprint density at radius 3 is 2.00 bits per heavy atom. The molecule has 1 aromatic carbocycles. The summed E-state index contributed by atoms with van der Waals surface area (Å²) in [6, 6.07) is 7.18. The minimum atomic E-state index is -0.131. The first kappa shape index (κ1) is 12.4. The lowest BCUT2D eigenvalue weighted by molar-refractivity contribution is -0.124. The lowest BCUT2D eigenvalue weighted by Gasteiger charge is -2.37. The zero-order valence-electron chi connectivity index (χ0n) is 12.3. The smallest absolute Gasteiger partial charge is 0.238 e. The molecule has 2 amide bonds. The number of hydrogen-bond donors (Lipinski definition) is 0. The molecular formula is C18H17NO3. The van der Waals surface area contributed by atoms with Crippen molar-refractivity contribution >= 4 is 17.5 Å². The molecule has 0 aromatic heterocycles. The third-order valence-corrected chi connectivity index (χ3v) is 5.99. The fraction of sp³-hybridized carbons (Fsp3) is 0.444. The van der Waals surface area contributed by atoms with Crippen molar-refractivity contribution in [3.05, 3.63) is 36.4 Å². The molecule has 1 heterocycles. The number of ether oxygens (including phenoxy) is 1. The fourth-order valence-corrected chi connectivity index (χ4v) is 4.94. The molecule has 4 heteroatoms. The van der Waals surface area contributed by atoms with Gasteiger partial charge in [0.2, 0.25) is 11.8 Å².